The van der Waals surface area contributed by atoms with Gasteiger partial charge in [-0.1, -0.05) is 6.58 Å². The summed E-state index contributed by atoms with van der Waals surface area (Å²) in [6, 6.07) is 0. The van der Waals surface area contributed by atoms with Crippen molar-refractivity contribution >= 4 is 21.9 Å². The minimum atomic E-state index is -3.37. The van der Waals surface area contributed by atoms with Gasteiger partial charge in [-0.3, -0.25) is 0 Å². The molecule has 7 nitrogen and oxygen atoms in total. The number of carbonyl (C=O) groups is 2. The number of hydrogen-bond donors (Lipinski definition) is 0. The van der Waals surface area contributed by atoms with E-state index < -0.39 is 32.8 Å². The van der Waals surface area contributed by atoms with Gasteiger partial charge in [-0.2, -0.15) is 0 Å². The highest BCUT2D eigenvalue weighted by Crippen LogP contribution is 2.20. The lowest BCUT2D eigenvalue weighted by Crippen LogP contribution is -2.45. The van der Waals surface area contributed by atoms with Crippen LogP contribution >= 0.6 is 0 Å². The van der Waals surface area contributed by atoms with Crippen LogP contribution in [0.1, 0.15) is 40.5 Å². The first kappa shape index (κ1) is 20.5. The molecule has 0 bridgehead atoms. The molecule has 0 aromatic heterocycles. The molecule has 1 aliphatic rings. The SMILES string of the molecule is C=C(C)C(=O)OCCS(=O)(=O)C1CCN(C(=O)OC(C)(C)C)CC1. The summed E-state index contributed by atoms with van der Waals surface area (Å²) in [5.41, 5.74) is -0.342. The number of rotatable bonds is 5. The number of ether oxygens (including phenoxy) is 2. The lowest BCUT2D eigenvalue weighted by Gasteiger charge is -2.33. The Morgan fingerprint density at radius 2 is 1.75 bits per heavy atom. The summed E-state index contributed by atoms with van der Waals surface area (Å²) >= 11 is 0. The monoisotopic (exact) mass is 361 g/mol. The van der Waals surface area contributed by atoms with Crippen molar-refractivity contribution in [3.8, 4) is 0 Å². The average Bonchev–Trinajstić information content (AvgIpc) is 2.45. The van der Waals surface area contributed by atoms with Crippen molar-refractivity contribution in [2.75, 3.05) is 25.4 Å². The molecule has 0 radical (unpaired) electrons. The van der Waals surface area contributed by atoms with Crippen LogP contribution in [0.3, 0.4) is 0 Å². The average molecular weight is 361 g/mol. The molecule has 138 valence electrons. The largest absolute Gasteiger partial charge is 0.461 e. The first-order valence-corrected chi connectivity index (χ1v) is 9.66. The third-order valence-electron chi connectivity index (χ3n) is 3.55. The van der Waals surface area contributed by atoms with Gasteiger partial charge in [0.15, 0.2) is 9.84 Å². The lowest BCUT2D eigenvalue weighted by molar-refractivity contribution is -0.138. The second-order valence-corrected chi connectivity index (χ2v) is 9.35. The minimum Gasteiger partial charge on any atom is -0.461 e. The van der Waals surface area contributed by atoms with E-state index in [-0.39, 0.29) is 17.9 Å². The third-order valence-corrected chi connectivity index (χ3v) is 5.77. The highest BCUT2D eigenvalue weighted by Gasteiger charge is 2.33. The first-order valence-electron chi connectivity index (χ1n) is 7.94. The first-order chi connectivity index (χ1) is 10.9. The summed E-state index contributed by atoms with van der Waals surface area (Å²) in [5.74, 6) is -0.812. The zero-order valence-electron chi connectivity index (χ0n) is 14.8. The zero-order chi connectivity index (χ0) is 18.5. The van der Waals surface area contributed by atoms with E-state index in [9.17, 15) is 18.0 Å². The third kappa shape index (κ3) is 6.51. The van der Waals surface area contributed by atoms with Gasteiger partial charge in [0.1, 0.15) is 12.2 Å². The van der Waals surface area contributed by atoms with Crippen molar-refractivity contribution in [2.45, 2.75) is 51.4 Å². The number of hydrogen-bond acceptors (Lipinski definition) is 6. The Hall–Kier alpha value is -1.57. The van der Waals surface area contributed by atoms with Crippen LogP contribution in [0.25, 0.3) is 0 Å². The van der Waals surface area contributed by atoms with E-state index in [1.807, 2.05) is 0 Å². The van der Waals surface area contributed by atoms with E-state index in [1.54, 1.807) is 20.8 Å². The fraction of sp³-hybridized carbons (Fsp3) is 0.750. The summed E-state index contributed by atoms with van der Waals surface area (Å²) in [7, 11) is -3.37. The summed E-state index contributed by atoms with van der Waals surface area (Å²) in [4.78, 5) is 24.8. The highest BCUT2D eigenvalue weighted by molar-refractivity contribution is 7.92. The second-order valence-electron chi connectivity index (χ2n) is 6.95. The predicted octanol–water partition coefficient (Wildman–Crippen LogP) is 1.92. The Morgan fingerprint density at radius 3 is 2.21 bits per heavy atom. The molecule has 1 saturated heterocycles. The fourth-order valence-electron chi connectivity index (χ4n) is 2.26. The number of piperidine rings is 1. The normalized spacial score (nSPS) is 16.6. The Balaban J connectivity index is 2.47. The van der Waals surface area contributed by atoms with Gasteiger partial charge in [-0.25, -0.2) is 18.0 Å². The van der Waals surface area contributed by atoms with Crippen molar-refractivity contribution < 1.29 is 27.5 Å². The summed E-state index contributed by atoms with van der Waals surface area (Å²) in [5, 5.41) is -0.528. The van der Waals surface area contributed by atoms with Crippen molar-refractivity contribution in [1.29, 1.82) is 0 Å². The van der Waals surface area contributed by atoms with Gasteiger partial charge in [0.05, 0.1) is 11.0 Å². The maximum absolute atomic E-state index is 12.3. The Kier molecular flexibility index (Phi) is 6.83. The van der Waals surface area contributed by atoms with E-state index >= 15 is 0 Å². The molecule has 8 heteroatoms. The topological polar surface area (TPSA) is 90.0 Å². The van der Waals surface area contributed by atoms with E-state index in [4.69, 9.17) is 9.47 Å². The van der Waals surface area contributed by atoms with E-state index in [1.165, 1.54) is 11.8 Å². The van der Waals surface area contributed by atoms with Gasteiger partial charge in [0.2, 0.25) is 0 Å². The van der Waals surface area contributed by atoms with Crippen LogP contribution in [-0.2, 0) is 24.1 Å². The number of nitrogens with zero attached hydrogens (tertiary/aromatic N) is 1. The molecule has 0 spiro atoms. The molecule has 24 heavy (non-hydrogen) atoms. The van der Waals surface area contributed by atoms with Crippen LogP contribution in [0.5, 0.6) is 0 Å². The number of esters is 1. The number of sulfone groups is 1. The molecule has 1 heterocycles. The lowest BCUT2D eigenvalue weighted by atomic mass is 10.1. The molecule has 1 rings (SSSR count). The zero-order valence-corrected chi connectivity index (χ0v) is 15.6. The molecular formula is C16H27NO6S. The molecule has 1 fully saturated rings. The molecule has 0 saturated carbocycles. The van der Waals surface area contributed by atoms with Gasteiger partial charge in [-0.15, -0.1) is 0 Å². The molecule has 0 aromatic carbocycles. The number of carbonyl (C=O) groups excluding carboxylic acids is 2. The number of amides is 1. The molecule has 0 N–H and O–H groups in total. The Labute approximate surface area is 143 Å². The van der Waals surface area contributed by atoms with Crippen molar-refractivity contribution in [2.24, 2.45) is 0 Å². The van der Waals surface area contributed by atoms with E-state index in [2.05, 4.69) is 6.58 Å². The van der Waals surface area contributed by atoms with Crippen LogP contribution in [0.2, 0.25) is 0 Å². The standard InChI is InChI=1S/C16H27NO6S/c1-12(2)14(18)22-10-11-24(20,21)13-6-8-17(9-7-13)15(19)23-16(3,4)5/h13H,1,6-11H2,2-5H3. The fourth-order valence-corrected chi connectivity index (χ4v) is 3.84. The minimum absolute atomic E-state index is 0.180. The summed E-state index contributed by atoms with van der Waals surface area (Å²) < 4.78 is 34.7. The maximum atomic E-state index is 12.3. The maximum Gasteiger partial charge on any atom is 0.410 e. The van der Waals surface area contributed by atoms with Crippen LogP contribution < -0.4 is 0 Å². The molecule has 0 aliphatic carbocycles. The molecule has 0 aromatic rings. The van der Waals surface area contributed by atoms with Gasteiger partial charge in [0.25, 0.3) is 0 Å². The van der Waals surface area contributed by atoms with Gasteiger partial charge in [0, 0.05) is 18.7 Å². The van der Waals surface area contributed by atoms with Gasteiger partial charge in [-0.05, 0) is 40.5 Å². The Bertz CT molecular complexity index is 582. The van der Waals surface area contributed by atoms with E-state index in [0.717, 1.165) is 0 Å². The molecule has 0 unspecified atom stereocenters. The molecule has 0 atom stereocenters. The quantitative estimate of drug-likeness (QED) is 0.549. The van der Waals surface area contributed by atoms with Crippen molar-refractivity contribution in [1.82, 2.24) is 4.90 Å². The van der Waals surface area contributed by atoms with Crippen molar-refractivity contribution in [3.05, 3.63) is 12.2 Å². The second kappa shape index (κ2) is 8.00. The molecular weight excluding hydrogens is 334 g/mol. The predicted molar refractivity (Wildman–Crippen MR) is 90.4 cm³/mol. The summed E-state index contributed by atoms with van der Waals surface area (Å²) in [6.45, 7) is 10.8. The van der Waals surface area contributed by atoms with Gasteiger partial charge >= 0.3 is 12.1 Å². The van der Waals surface area contributed by atoms with Crippen LogP contribution in [-0.4, -0.2) is 61.7 Å². The van der Waals surface area contributed by atoms with Crippen LogP contribution in [0.4, 0.5) is 4.79 Å². The summed E-state index contributed by atoms with van der Waals surface area (Å²) in [6.07, 6.45) is 0.292. The van der Waals surface area contributed by atoms with Crippen molar-refractivity contribution in [3.63, 3.8) is 0 Å². The molecule has 1 amide bonds. The van der Waals surface area contributed by atoms with Crippen LogP contribution in [0.15, 0.2) is 12.2 Å². The van der Waals surface area contributed by atoms with E-state index in [0.29, 0.717) is 25.9 Å². The van der Waals surface area contributed by atoms with Gasteiger partial charge < -0.3 is 14.4 Å². The smallest absolute Gasteiger partial charge is 0.410 e. The Morgan fingerprint density at radius 1 is 1.21 bits per heavy atom. The number of likely N-dealkylation sites (tertiary alicyclic amines) is 1. The molecule has 1 aliphatic heterocycles. The van der Waals surface area contributed by atoms with Crippen LogP contribution in [0, 0.1) is 0 Å². The highest BCUT2D eigenvalue weighted by atomic mass is 32.2.